The van der Waals surface area contributed by atoms with Crippen molar-refractivity contribution in [2.24, 2.45) is 0 Å². The van der Waals surface area contributed by atoms with Crippen LogP contribution in [-0.4, -0.2) is 24.0 Å². The Balaban J connectivity index is 1.92. The molecule has 1 aromatic carbocycles. The molecule has 0 bridgehead atoms. The van der Waals surface area contributed by atoms with Gasteiger partial charge >= 0.3 is 5.97 Å². The standard InChI is InChI=1S/C16H19BrFNO3/c1-10(15(20)19-12-5-3-2-4-6-12)22-16(21)13-9-11(18)7-8-14(13)17/h7-10,12H,2-6H2,1H3,(H,19,20)/t10-/m1/s1. The monoisotopic (exact) mass is 371 g/mol. The van der Waals surface area contributed by atoms with E-state index in [1.54, 1.807) is 0 Å². The first-order chi connectivity index (χ1) is 10.5. The first kappa shape index (κ1) is 16.9. The topological polar surface area (TPSA) is 55.4 Å². The first-order valence-electron chi connectivity index (χ1n) is 7.44. The van der Waals surface area contributed by atoms with E-state index in [-0.39, 0.29) is 17.5 Å². The minimum atomic E-state index is -0.912. The van der Waals surface area contributed by atoms with Crippen LogP contribution in [0.1, 0.15) is 49.4 Å². The maximum Gasteiger partial charge on any atom is 0.340 e. The second-order valence-corrected chi connectivity index (χ2v) is 6.37. The fourth-order valence-electron chi connectivity index (χ4n) is 2.50. The lowest BCUT2D eigenvalue weighted by atomic mass is 9.95. The average molecular weight is 372 g/mol. The van der Waals surface area contributed by atoms with Gasteiger partial charge in [-0.1, -0.05) is 19.3 Å². The Kier molecular flexibility index (Phi) is 5.94. The highest BCUT2D eigenvalue weighted by molar-refractivity contribution is 9.10. The Bertz CT molecular complexity index is 558. The molecule has 22 heavy (non-hydrogen) atoms. The fourth-order valence-corrected chi connectivity index (χ4v) is 2.91. The van der Waals surface area contributed by atoms with Crippen LogP contribution in [0.25, 0.3) is 0 Å². The van der Waals surface area contributed by atoms with Crippen molar-refractivity contribution in [2.45, 2.75) is 51.2 Å². The SMILES string of the molecule is C[C@@H](OC(=O)c1cc(F)ccc1Br)C(=O)NC1CCCCC1. The number of rotatable bonds is 4. The molecule has 0 aromatic heterocycles. The Morgan fingerprint density at radius 2 is 2.00 bits per heavy atom. The zero-order chi connectivity index (χ0) is 16.1. The largest absolute Gasteiger partial charge is 0.449 e. The molecule has 120 valence electrons. The molecule has 1 aromatic rings. The summed E-state index contributed by atoms with van der Waals surface area (Å²) in [5.74, 6) is -1.57. The van der Waals surface area contributed by atoms with Crippen LogP contribution in [0.15, 0.2) is 22.7 Å². The second kappa shape index (κ2) is 7.72. The van der Waals surface area contributed by atoms with Gasteiger partial charge in [-0.15, -0.1) is 0 Å². The van der Waals surface area contributed by atoms with Gasteiger partial charge in [0.05, 0.1) is 5.56 Å². The predicted octanol–water partition coefficient (Wildman–Crippen LogP) is 3.58. The van der Waals surface area contributed by atoms with Gasteiger partial charge in [0.2, 0.25) is 0 Å². The Morgan fingerprint density at radius 3 is 2.68 bits per heavy atom. The number of benzene rings is 1. The molecular weight excluding hydrogens is 353 g/mol. The zero-order valence-corrected chi connectivity index (χ0v) is 14.0. The van der Waals surface area contributed by atoms with Gasteiger partial charge in [-0.25, -0.2) is 9.18 Å². The third kappa shape index (κ3) is 4.53. The lowest BCUT2D eigenvalue weighted by Crippen LogP contribution is -2.42. The van der Waals surface area contributed by atoms with E-state index in [0.717, 1.165) is 31.7 Å². The van der Waals surface area contributed by atoms with E-state index >= 15 is 0 Å². The van der Waals surface area contributed by atoms with Crippen LogP contribution >= 0.6 is 15.9 Å². The van der Waals surface area contributed by atoms with Gasteiger partial charge in [0.15, 0.2) is 6.10 Å². The van der Waals surface area contributed by atoms with E-state index in [1.165, 1.54) is 25.5 Å². The summed E-state index contributed by atoms with van der Waals surface area (Å²) in [5, 5.41) is 2.90. The van der Waals surface area contributed by atoms with Crippen molar-refractivity contribution in [2.75, 3.05) is 0 Å². The number of halogens is 2. The Hall–Kier alpha value is -1.43. The number of carbonyl (C=O) groups excluding carboxylic acids is 2. The number of ether oxygens (including phenoxy) is 1. The van der Waals surface area contributed by atoms with Crippen LogP contribution in [0.2, 0.25) is 0 Å². The average Bonchev–Trinajstić information content (AvgIpc) is 2.50. The molecule has 0 radical (unpaired) electrons. The van der Waals surface area contributed by atoms with Crippen molar-refractivity contribution in [3.8, 4) is 0 Å². The third-order valence-electron chi connectivity index (χ3n) is 3.75. The highest BCUT2D eigenvalue weighted by Crippen LogP contribution is 2.20. The normalized spacial score (nSPS) is 16.9. The van der Waals surface area contributed by atoms with Crippen molar-refractivity contribution < 1.29 is 18.7 Å². The summed E-state index contributed by atoms with van der Waals surface area (Å²) in [4.78, 5) is 24.1. The maximum atomic E-state index is 13.2. The summed E-state index contributed by atoms with van der Waals surface area (Å²) in [7, 11) is 0. The van der Waals surface area contributed by atoms with E-state index in [4.69, 9.17) is 4.74 Å². The van der Waals surface area contributed by atoms with Crippen LogP contribution in [0.5, 0.6) is 0 Å². The number of hydrogen-bond acceptors (Lipinski definition) is 3. The van der Waals surface area contributed by atoms with E-state index in [0.29, 0.717) is 4.47 Å². The van der Waals surface area contributed by atoms with Gasteiger partial charge in [-0.05, 0) is 53.9 Å². The highest BCUT2D eigenvalue weighted by atomic mass is 79.9. The fraction of sp³-hybridized carbons (Fsp3) is 0.500. The maximum absolute atomic E-state index is 13.2. The third-order valence-corrected chi connectivity index (χ3v) is 4.44. The van der Waals surface area contributed by atoms with E-state index in [1.807, 2.05) is 0 Å². The van der Waals surface area contributed by atoms with Gasteiger partial charge in [0, 0.05) is 10.5 Å². The number of hydrogen-bond donors (Lipinski definition) is 1. The highest BCUT2D eigenvalue weighted by Gasteiger charge is 2.23. The first-order valence-corrected chi connectivity index (χ1v) is 8.23. The van der Waals surface area contributed by atoms with E-state index < -0.39 is 17.9 Å². The molecule has 0 aliphatic heterocycles. The zero-order valence-electron chi connectivity index (χ0n) is 12.4. The lowest BCUT2D eigenvalue weighted by Gasteiger charge is -2.24. The molecule has 0 spiro atoms. The number of carbonyl (C=O) groups is 2. The van der Waals surface area contributed by atoms with Crippen LogP contribution < -0.4 is 5.32 Å². The molecule has 1 atom stereocenters. The number of esters is 1. The summed E-state index contributed by atoms with van der Waals surface area (Å²) in [6, 6.07) is 3.90. The van der Waals surface area contributed by atoms with Crippen molar-refractivity contribution in [1.29, 1.82) is 0 Å². The summed E-state index contributed by atoms with van der Waals surface area (Å²) in [6.45, 7) is 1.52. The Labute approximate surface area is 137 Å². The smallest absolute Gasteiger partial charge is 0.340 e. The second-order valence-electron chi connectivity index (χ2n) is 5.52. The van der Waals surface area contributed by atoms with Crippen LogP contribution in [0.4, 0.5) is 4.39 Å². The Morgan fingerprint density at radius 1 is 1.32 bits per heavy atom. The van der Waals surface area contributed by atoms with Gasteiger partial charge in [-0.2, -0.15) is 0 Å². The molecule has 1 saturated carbocycles. The molecular formula is C16H19BrFNO3. The van der Waals surface area contributed by atoms with E-state index in [2.05, 4.69) is 21.2 Å². The van der Waals surface area contributed by atoms with Crippen molar-refractivity contribution in [3.05, 3.63) is 34.1 Å². The number of nitrogens with one attached hydrogen (secondary N) is 1. The molecule has 1 fully saturated rings. The van der Waals surface area contributed by atoms with Crippen LogP contribution in [-0.2, 0) is 9.53 Å². The molecule has 1 aliphatic rings. The van der Waals surface area contributed by atoms with Crippen molar-refractivity contribution in [3.63, 3.8) is 0 Å². The molecule has 4 nitrogen and oxygen atoms in total. The molecule has 0 unspecified atom stereocenters. The van der Waals surface area contributed by atoms with Crippen LogP contribution in [0, 0.1) is 5.82 Å². The van der Waals surface area contributed by atoms with Crippen molar-refractivity contribution >= 4 is 27.8 Å². The number of amides is 1. The molecule has 2 rings (SSSR count). The minimum Gasteiger partial charge on any atom is -0.449 e. The summed E-state index contributed by atoms with van der Waals surface area (Å²) >= 11 is 3.17. The molecule has 1 amide bonds. The van der Waals surface area contributed by atoms with Crippen LogP contribution in [0.3, 0.4) is 0 Å². The minimum absolute atomic E-state index is 0.0670. The lowest BCUT2D eigenvalue weighted by molar-refractivity contribution is -0.130. The molecule has 1 aliphatic carbocycles. The summed E-state index contributed by atoms with van der Waals surface area (Å²) in [5.41, 5.74) is 0.0670. The van der Waals surface area contributed by atoms with Gasteiger partial charge in [0.25, 0.3) is 5.91 Å². The summed E-state index contributed by atoms with van der Waals surface area (Å²) in [6.07, 6.45) is 4.42. The molecule has 1 N–H and O–H groups in total. The molecule has 6 heteroatoms. The quantitative estimate of drug-likeness (QED) is 0.822. The van der Waals surface area contributed by atoms with Gasteiger partial charge < -0.3 is 10.1 Å². The van der Waals surface area contributed by atoms with Crippen molar-refractivity contribution in [1.82, 2.24) is 5.32 Å². The van der Waals surface area contributed by atoms with Gasteiger partial charge in [-0.3, -0.25) is 4.79 Å². The predicted molar refractivity (Wildman–Crippen MR) is 84.0 cm³/mol. The molecule has 0 saturated heterocycles. The van der Waals surface area contributed by atoms with E-state index in [9.17, 15) is 14.0 Å². The van der Waals surface area contributed by atoms with Gasteiger partial charge in [0.1, 0.15) is 5.82 Å². The molecule has 0 heterocycles. The summed E-state index contributed by atoms with van der Waals surface area (Å²) < 4.78 is 18.8.